The Kier molecular flexibility index (Phi) is 5.91. The fourth-order valence-corrected chi connectivity index (χ4v) is 4.41. The molecule has 2 aliphatic rings. The highest BCUT2D eigenvalue weighted by atomic mass is 16.2. The minimum Gasteiger partial charge on any atom is -0.343 e. The Balaban J connectivity index is 0.00000245. The van der Waals surface area contributed by atoms with Crippen LogP contribution in [0.3, 0.4) is 0 Å². The second kappa shape index (κ2) is 8.79. The molecule has 1 amide bonds. The molecule has 2 aliphatic heterocycles. The first kappa shape index (κ1) is 21.5. The monoisotopic (exact) mass is 429 g/mol. The molecule has 164 valence electrons. The molecule has 0 N–H and O–H groups in total. The summed E-state index contributed by atoms with van der Waals surface area (Å²) in [6.07, 6.45) is 9.01. The number of likely N-dealkylation sites (N-methyl/N-ethyl adjacent to an activating group) is 1. The first-order valence-electron chi connectivity index (χ1n) is 10.5. The van der Waals surface area contributed by atoms with E-state index >= 15 is 0 Å². The lowest BCUT2D eigenvalue weighted by Gasteiger charge is -2.36. The molecule has 5 rings (SSSR count). The molecular weight excluding hydrogens is 402 g/mol. The summed E-state index contributed by atoms with van der Waals surface area (Å²) in [6, 6.07) is 9.72. The summed E-state index contributed by atoms with van der Waals surface area (Å²) in [6.45, 7) is 1.43. The molecule has 0 aliphatic carbocycles. The standard InChI is InChI=1S/C23H23N7O.CH4/c1-28-20-13-25-21(27-22(20)30-10-4-7-19(30)23(28)31)9-8-16-12-26-29(14-16)15-18-6-3-2-5-17(18)11-24;/h2-3,5-6,12-14,19H,4,7-10,15H2,1H3;1H4/t19-;/m0./s1. The Morgan fingerprint density at radius 1 is 1.22 bits per heavy atom. The van der Waals surface area contributed by atoms with Crippen molar-refractivity contribution in [2.45, 2.75) is 45.7 Å². The molecular formula is C24H27N7O. The van der Waals surface area contributed by atoms with Gasteiger partial charge in [0.1, 0.15) is 17.6 Å². The van der Waals surface area contributed by atoms with Crippen LogP contribution in [0.15, 0.2) is 42.9 Å². The summed E-state index contributed by atoms with van der Waals surface area (Å²) in [5.41, 5.74) is 3.51. The first-order valence-corrected chi connectivity index (χ1v) is 10.5. The molecule has 1 aromatic carbocycles. The number of nitriles is 1. The van der Waals surface area contributed by atoms with Crippen LogP contribution < -0.4 is 9.80 Å². The van der Waals surface area contributed by atoms with Gasteiger partial charge in [0.2, 0.25) is 5.91 Å². The van der Waals surface area contributed by atoms with Crippen LogP contribution in [0.4, 0.5) is 11.5 Å². The second-order valence-corrected chi connectivity index (χ2v) is 8.06. The van der Waals surface area contributed by atoms with E-state index in [0.29, 0.717) is 18.5 Å². The quantitative estimate of drug-likeness (QED) is 0.619. The highest BCUT2D eigenvalue weighted by Gasteiger charge is 2.40. The van der Waals surface area contributed by atoms with Gasteiger partial charge in [-0.3, -0.25) is 9.48 Å². The van der Waals surface area contributed by atoms with E-state index in [-0.39, 0.29) is 19.4 Å². The van der Waals surface area contributed by atoms with Crippen molar-refractivity contribution >= 4 is 17.4 Å². The van der Waals surface area contributed by atoms with E-state index in [4.69, 9.17) is 4.98 Å². The average Bonchev–Trinajstić information content (AvgIpc) is 3.46. The predicted molar refractivity (Wildman–Crippen MR) is 122 cm³/mol. The van der Waals surface area contributed by atoms with Gasteiger partial charge in [0, 0.05) is 26.2 Å². The maximum absolute atomic E-state index is 12.5. The largest absolute Gasteiger partial charge is 0.343 e. The van der Waals surface area contributed by atoms with Gasteiger partial charge in [-0.25, -0.2) is 9.97 Å². The average molecular weight is 430 g/mol. The fraction of sp³-hybridized carbons (Fsp3) is 0.375. The van der Waals surface area contributed by atoms with Crippen LogP contribution in [0.25, 0.3) is 0 Å². The van der Waals surface area contributed by atoms with Crippen LogP contribution in [-0.4, -0.2) is 45.3 Å². The third-order valence-electron chi connectivity index (χ3n) is 6.10. The highest BCUT2D eigenvalue weighted by molar-refractivity contribution is 6.04. The van der Waals surface area contributed by atoms with E-state index in [1.165, 1.54) is 0 Å². The Labute approximate surface area is 188 Å². The third kappa shape index (κ3) is 3.82. The third-order valence-corrected chi connectivity index (χ3v) is 6.10. The van der Waals surface area contributed by atoms with E-state index in [0.717, 1.165) is 54.3 Å². The number of carbonyl (C=O) groups excluding carboxylic acids is 1. The van der Waals surface area contributed by atoms with Crippen molar-refractivity contribution in [2.24, 2.45) is 0 Å². The number of aromatic nitrogens is 4. The van der Waals surface area contributed by atoms with Crippen LogP contribution >= 0.6 is 0 Å². The number of fused-ring (bicyclic) bond motifs is 3. The van der Waals surface area contributed by atoms with E-state index in [1.54, 1.807) is 18.1 Å². The normalized spacial score (nSPS) is 16.9. The minimum atomic E-state index is -0.0882. The number of benzene rings is 1. The lowest BCUT2D eigenvalue weighted by Crippen LogP contribution is -2.49. The number of aryl methyl sites for hydroxylation is 2. The molecule has 0 bridgehead atoms. The Morgan fingerprint density at radius 3 is 2.91 bits per heavy atom. The SMILES string of the molecule is C.CN1C(=O)[C@@H]2CCCN2c2nc(CCc3cnn(Cc4ccccc4C#N)c3)ncc21. The fourth-order valence-electron chi connectivity index (χ4n) is 4.41. The van der Waals surface area contributed by atoms with Gasteiger partial charge in [-0.2, -0.15) is 10.4 Å². The molecule has 0 radical (unpaired) electrons. The van der Waals surface area contributed by atoms with Gasteiger partial charge in [0.15, 0.2) is 5.82 Å². The summed E-state index contributed by atoms with van der Waals surface area (Å²) >= 11 is 0. The maximum Gasteiger partial charge on any atom is 0.249 e. The molecule has 3 aromatic rings. The van der Waals surface area contributed by atoms with Gasteiger partial charge in [-0.15, -0.1) is 0 Å². The molecule has 4 heterocycles. The smallest absolute Gasteiger partial charge is 0.249 e. The number of carbonyl (C=O) groups is 1. The van der Waals surface area contributed by atoms with Gasteiger partial charge >= 0.3 is 0 Å². The Morgan fingerprint density at radius 2 is 2.06 bits per heavy atom. The lowest BCUT2D eigenvalue weighted by atomic mass is 10.1. The van der Waals surface area contributed by atoms with E-state index in [1.807, 2.05) is 41.3 Å². The van der Waals surface area contributed by atoms with Crippen molar-refractivity contribution in [3.8, 4) is 6.07 Å². The molecule has 0 unspecified atom stereocenters. The van der Waals surface area contributed by atoms with Gasteiger partial charge in [-0.1, -0.05) is 25.6 Å². The topological polar surface area (TPSA) is 90.9 Å². The van der Waals surface area contributed by atoms with E-state index < -0.39 is 0 Å². The Bertz CT molecular complexity index is 1180. The lowest BCUT2D eigenvalue weighted by molar-refractivity contribution is -0.119. The predicted octanol–water partition coefficient (Wildman–Crippen LogP) is 2.96. The zero-order valence-corrected chi connectivity index (χ0v) is 17.4. The molecule has 0 spiro atoms. The number of hydrogen-bond donors (Lipinski definition) is 0. The van der Waals surface area contributed by atoms with Crippen molar-refractivity contribution in [3.05, 3.63) is 65.4 Å². The molecule has 8 nitrogen and oxygen atoms in total. The summed E-state index contributed by atoms with van der Waals surface area (Å²) < 4.78 is 1.86. The van der Waals surface area contributed by atoms with Crippen LogP contribution in [0.5, 0.6) is 0 Å². The summed E-state index contributed by atoms with van der Waals surface area (Å²) in [4.78, 5) is 25.7. The summed E-state index contributed by atoms with van der Waals surface area (Å²) in [5, 5.41) is 13.7. The van der Waals surface area contributed by atoms with Crippen LogP contribution in [-0.2, 0) is 24.2 Å². The van der Waals surface area contributed by atoms with Gasteiger partial charge in [0.05, 0.1) is 30.6 Å². The van der Waals surface area contributed by atoms with Crippen LogP contribution in [0.2, 0.25) is 0 Å². The zero-order chi connectivity index (χ0) is 21.4. The maximum atomic E-state index is 12.5. The number of nitrogens with zero attached hydrogens (tertiary/aromatic N) is 7. The van der Waals surface area contributed by atoms with Crippen molar-refractivity contribution < 1.29 is 4.79 Å². The van der Waals surface area contributed by atoms with Gasteiger partial charge < -0.3 is 9.80 Å². The van der Waals surface area contributed by atoms with Crippen molar-refractivity contribution in [1.29, 1.82) is 5.26 Å². The number of rotatable bonds is 5. The molecule has 1 saturated heterocycles. The number of hydrogen-bond acceptors (Lipinski definition) is 6. The Hall–Kier alpha value is -3.73. The van der Waals surface area contributed by atoms with Gasteiger partial charge in [0.25, 0.3) is 0 Å². The van der Waals surface area contributed by atoms with E-state index in [9.17, 15) is 10.1 Å². The number of anilines is 2. The van der Waals surface area contributed by atoms with Crippen LogP contribution in [0.1, 0.15) is 42.8 Å². The van der Waals surface area contributed by atoms with Crippen molar-refractivity contribution in [3.63, 3.8) is 0 Å². The molecule has 1 atom stereocenters. The molecule has 8 heteroatoms. The van der Waals surface area contributed by atoms with Gasteiger partial charge in [-0.05, 0) is 36.5 Å². The highest BCUT2D eigenvalue weighted by Crippen LogP contribution is 2.37. The summed E-state index contributed by atoms with van der Waals surface area (Å²) in [5.74, 6) is 1.78. The molecule has 32 heavy (non-hydrogen) atoms. The minimum absolute atomic E-state index is 0. The molecule has 1 fully saturated rings. The summed E-state index contributed by atoms with van der Waals surface area (Å²) in [7, 11) is 1.80. The molecule has 2 aromatic heterocycles. The number of amides is 1. The van der Waals surface area contributed by atoms with E-state index in [2.05, 4.69) is 21.1 Å². The van der Waals surface area contributed by atoms with Crippen molar-refractivity contribution in [2.75, 3.05) is 23.4 Å². The second-order valence-electron chi connectivity index (χ2n) is 8.06. The first-order chi connectivity index (χ1) is 15.1. The van der Waals surface area contributed by atoms with Crippen LogP contribution in [0, 0.1) is 11.3 Å². The molecule has 0 saturated carbocycles. The zero-order valence-electron chi connectivity index (χ0n) is 17.4. The van der Waals surface area contributed by atoms with Crippen molar-refractivity contribution in [1.82, 2.24) is 19.7 Å².